The van der Waals surface area contributed by atoms with Gasteiger partial charge in [0, 0.05) is 18.6 Å². The summed E-state index contributed by atoms with van der Waals surface area (Å²) in [6.45, 7) is 0.862. The Bertz CT molecular complexity index is 1550. The molecule has 0 unspecified atom stereocenters. The SMILES string of the molecule is COC[C@H](c1ccc2nc([C@@H](NC(=O)c3nonc3C3CC3)[C@@H](C)O[C@H](C)C(F)(F)F)[nH]c2c1F)N1C[C@@H](C(F)(F)F)NC1=O. The lowest BCUT2D eigenvalue weighted by Gasteiger charge is -2.27. The monoisotopic (exact) mass is 651 g/mol. The molecule has 0 spiro atoms. The largest absolute Gasteiger partial charge is 0.414 e. The van der Waals surface area contributed by atoms with Gasteiger partial charge in [0.2, 0.25) is 0 Å². The van der Waals surface area contributed by atoms with Crippen LogP contribution in [0.2, 0.25) is 0 Å². The summed E-state index contributed by atoms with van der Waals surface area (Å²) in [4.78, 5) is 33.4. The molecule has 19 heteroatoms. The molecule has 2 fully saturated rings. The van der Waals surface area contributed by atoms with Gasteiger partial charge in [0.1, 0.15) is 29.1 Å². The van der Waals surface area contributed by atoms with Crippen molar-refractivity contribution in [2.75, 3.05) is 20.3 Å². The van der Waals surface area contributed by atoms with Crippen molar-refractivity contribution in [3.8, 4) is 0 Å². The number of aromatic amines is 1. The van der Waals surface area contributed by atoms with Crippen LogP contribution in [0.3, 0.4) is 0 Å². The molecule has 5 rings (SSSR count). The van der Waals surface area contributed by atoms with E-state index in [1.54, 1.807) is 0 Å². The number of amides is 3. The average Bonchev–Trinajstić information content (AvgIpc) is 3.33. The van der Waals surface area contributed by atoms with Crippen molar-refractivity contribution in [3.05, 3.63) is 40.7 Å². The van der Waals surface area contributed by atoms with Crippen molar-refractivity contribution in [1.29, 1.82) is 0 Å². The molecule has 5 atom stereocenters. The van der Waals surface area contributed by atoms with E-state index in [1.165, 1.54) is 26.2 Å². The highest BCUT2D eigenvalue weighted by molar-refractivity contribution is 5.93. The number of ether oxygens (including phenoxy) is 2. The lowest BCUT2D eigenvalue weighted by atomic mass is 10.0. The van der Waals surface area contributed by atoms with Crippen LogP contribution >= 0.6 is 0 Å². The van der Waals surface area contributed by atoms with Crippen LogP contribution in [0, 0.1) is 5.82 Å². The van der Waals surface area contributed by atoms with E-state index in [1.807, 2.05) is 5.32 Å². The van der Waals surface area contributed by atoms with E-state index in [9.17, 15) is 35.9 Å². The third-order valence-electron chi connectivity index (χ3n) is 7.66. The summed E-state index contributed by atoms with van der Waals surface area (Å²) >= 11 is 0. The minimum atomic E-state index is -4.74. The van der Waals surface area contributed by atoms with Crippen LogP contribution in [0.25, 0.3) is 11.0 Å². The van der Waals surface area contributed by atoms with Gasteiger partial charge in [-0.2, -0.15) is 26.3 Å². The average molecular weight is 652 g/mol. The number of imidazole rings is 1. The summed E-state index contributed by atoms with van der Waals surface area (Å²) < 4.78 is 111. The Morgan fingerprint density at radius 1 is 1.18 bits per heavy atom. The molecule has 1 saturated carbocycles. The Balaban J connectivity index is 1.49. The first-order valence-corrected chi connectivity index (χ1v) is 13.8. The Hall–Kier alpha value is -4.00. The smallest absolute Gasteiger partial charge is 0.382 e. The number of halogens is 7. The second-order valence-electron chi connectivity index (χ2n) is 10.9. The Labute approximate surface area is 249 Å². The number of carbonyl (C=O) groups excluding carboxylic acids is 2. The second-order valence-corrected chi connectivity index (χ2v) is 10.9. The summed E-state index contributed by atoms with van der Waals surface area (Å²) in [6.07, 6.45) is -11.6. The number of H-pyrrole nitrogens is 1. The molecule has 1 aromatic carbocycles. The van der Waals surface area contributed by atoms with Crippen LogP contribution in [0.4, 0.5) is 35.5 Å². The summed E-state index contributed by atoms with van der Waals surface area (Å²) in [5.41, 5.74) is -0.416. The molecule has 12 nitrogen and oxygen atoms in total. The highest BCUT2D eigenvalue weighted by Gasteiger charge is 2.49. The minimum Gasteiger partial charge on any atom is -0.382 e. The first kappa shape index (κ1) is 32.4. The Morgan fingerprint density at radius 2 is 1.89 bits per heavy atom. The van der Waals surface area contributed by atoms with Crippen LogP contribution in [0.15, 0.2) is 16.8 Å². The number of benzene rings is 1. The molecule has 3 heterocycles. The van der Waals surface area contributed by atoms with E-state index in [4.69, 9.17) is 14.1 Å². The molecule has 1 aliphatic carbocycles. The molecule has 0 bridgehead atoms. The Morgan fingerprint density at radius 3 is 2.49 bits per heavy atom. The zero-order chi connectivity index (χ0) is 32.8. The number of nitrogens with zero attached hydrogens (tertiary/aromatic N) is 4. The van der Waals surface area contributed by atoms with Crippen LogP contribution < -0.4 is 10.6 Å². The van der Waals surface area contributed by atoms with Crippen molar-refractivity contribution >= 4 is 23.0 Å². The molecule has 3 N–H and O–H groups in total. The zero-order valence-electron chi connectivity index (χ0n) is 23.9. The number of hydrogen-bond donors (Lipinski definition) is 3. The molecular weight excluding hydrogens is 623 g/mol. The van der Waals surface area contributed by atoms with Gasteiger partial charge < -0.3 is 30.0 Å². The number of urea groups is 1. The summed E-state index contributed by atoms with van der Waals surface area (Å²) in [7, 11) is 1.22. The third-order valence-corrected chi connectivity index (χ3v) is 7.66. The van der Waals surface area contributed by atoms with Gasteiger partial charge in [-0.05, 0) is 37.9 Å². The molecule has 2 aromatic heterocycles. The maximum absolute atomic E-state index is 16.0. The van der Waals surface area contributed by atoms with Crippen molar-refractivity contribution in [2.24, 2.45) is 0 Å². The van der Waals surface area contributed by atoms with E-state index in [0.717, 1.165) is 24.7 Å². The van der Waals surface area contributed by atoms with Crippen LogP contribution in [0.1, 0.15) is 72.3 Å². The number of methoxy groups -OCH3 is 1. The van der Waals surface area contributed by atoms with Crippen LogP contribution in [-0.4, -0.2) is 88.0 Å². The number of fused-ring (bicyclic) bond motifs is 1. The highest BCUT2D eigenvalue weighted by atomic mass is 19.4. The molecular formula is C26H28F7N7O5. The molecule has 1 saturated heterocycles. The number of aromatic nitrogens is 4. The summed E-state index contributed by atoms with van der Waals surface area (Å²) in [5, 5.41) is 11.7. The molecule has 0 radical (unpaired) electrons. The van der Waals surface area contributed by atoms with Gasteiger partial charge in [-0.25, -0.2) is 18.8 Å². The van der Waals surface area contributed by atoms with E-state index in [2.05, 4.69) is 25.6 Å². The van der Waals surface area contributed by atoms with Gasteiger partial charge in [0.15, 0.2) is 17.6 Å². The first-order valence-electron chi connectivity index (χ1n) is 13.8. The van der Waals surface area contributed by atoms with Crippen molar-refractivity contribution in [1.82, 2.24) is 35.8 Å². The molecule has 2 aliphatic rings. The minimum absolute atomic E-state index is 0.0291. The first-order chi connectivity index (χ1) is 21.1. The Kier molecular flexibility index (Phi) is 8.69. The number of alkyl halides is 6. The van der Waals surface area contributed by atoms with Crippen LogP contribution in [-0.2, 0) is 9.47 Å². The zero-order valence-corrected chi connectivity index (χ0v) is 23.9. The predicted octanol–water partition coefficient (Wildman–Crippen LogP) is 4.43. The topological polar surface area (TPSA) is 147 Å². The molecule has 246 valence electrons. The number of hydrogen-bond acceptors (Lipinski definition) is 8. The number of rotatable bonds is 11. The fourth-order valence-corrected chi connectivity index (χ4v) is 5.07. The van der Waals surface area contributed by atoms with Gasteiger partial charge in [-0.1, -0.05) is 11.2 Å². The highest BCUT2D eigenvalue weighted by Crippen LogP contribution is 2.40. The van der Waals surface area contributed by atoms with Gasteiger partial charge >= 0.3 is 18.4 Å². The van der Waals surface area contributed by atoms with E-state index in [-0.39, 0.29) is 46.3 Å². The van der Waals surface area contributed by atoms with Crippen LogP contribution in [0.5, 0.6) is 0 Å². The standard InChI is InChI=1S/C26H28F7N7O5/c1-10(44-11(2)25(28,29)30)18(37-23(41)21-19(12-4-5-12)38-45-39-21)22-34-14-7-6-13(17(27)20(14)36-22)15(9-43-3)40-8-16(26(31,32)33)35-24(40)42/h6-7,10-12,15-16,18H,4-5,8-9H2,1-3H3,(H,34,36)(H,35,42)(H,37,41)/t10-,11-,15-,16+,18+/m1/s1. The van der Waals surface area contributed by atoms with E-state index < -0.39 is 67.0 Å². The normalized spacial score (nSPS) is 20.3. The molecule has 3 amide bonds. The lowest BCUT2D eigenvalue weighted by Crippen LogP contribution is -2.41. The maximum atomic E-state index is 16.0. The molecule has 1 aliphatic heterocycles. The third kappa shape index (κ3) is 6.68. The second kappa shape index (κ2) is 12.1. The number of carbonyl (C=O) groups is 2. The van der Waals surface area contributed by atoms with E-state index >= 15 is 4.39 Å². The predicted molar refractivity (Wildman–Crippen MR) is 138 cm³/mol. The molecule has 45 heavy (non-hydrogen) atoms. The summed E-state index contributed by atoms with van der Waals surface area (Å²) in [6, 6.07) is -3.44. The van der Waals surface area contributed by atoms with Gasteiger partial charge in [-0.3, -0.25) is 4.79 Å². The maximum Gasteiger partial charge on any atom is 0.414 e. The van der Waals surface area contributed by atoms with Crippen molar-refractivity contribution in [3.63, 3.8) is 0 Å². The van der Waals surface area contributed by atoms with Crippen molar-refractivity contribution < 1.29 is 54.4 Å². The van der Waals surface area contributed by atoms with Gasteiger partial charge in [0.25, 0.3) is 5.91 Å². The fraction of sp³-hybridized carbons (Fsp3) is 0.577. The van der Waals surface area contributed by atoms with Crippen molar-refractivity contribution in [2.45, 2.75) is 75.3 Å². The lowest BCUT2D eigenvalue weighted by molar-refractivity contribution is -0.227. The molecule has 3 aromatic rings. The van der Waals surface area contributed by atoms with Gasteiger partial charge in [-0.15, -0.1) is 0 Å². The summed E-state index contributed by atoms with van der Waals surface area (Å²) in [5.74, 6) is -2.10. The quantitative estimate of drug-likeness (QED) is 0.258. The number of nitrogens with one attached hydrogen (secondary N) is 3. The van der Waals surface area contributed by atoms with Gasteiger partial charge in [0.05, 0.1) is 30.8 Å². The van der Waals surface area contributed by atoms with E-state index in [0.29, 0.717) is 0 Å². The fourth-order valence-electron chi connectivity index (χ4n) is 5.07.